The molecule has 0 amide bonds. The Labute approximate surface area is 137 Å². The van der Waals surface area contributed by atoms with Crippen molar-refractivity contribution < 1.29 is 8.42 Å². The number of hydrogen-bond donors (Lipinski definition) is 0. The number of benzene rings is 1. The van der Waals surface area contributed by atoms with Crippen LogP contribution in [0.4, 0.5) is 0 Å². The Hall–Kier alpha value is -1.20. The third-order valence-electron chi connectivity index (χ3n) is 3.92. The number of aromatic nitrogens is 1. The molecule has 2 rings (SSSR count). The van der Waals surface area contributed by atoms with Crippen molar-refractivity contribution in [1.29, 1.82) is 0 Å². The Balaban J connectivity index is 1.97. The van der Waals surface area contributed by atoms with Gasteiger partial charge in [-0.05, 0) is 24.8 Å². The molecule has 2 aromatic rings. The zero-order valence-electron chi connectivity index (χ0n) is 13.3. The monoisotopic (exact) mass is 337 g/mol. The van der Waals surface area contributed by atoms with Crippen LogP contribution in [0.15, 0.2) is 35.7 Å². The fourth-order valence-electron chi connectivity index (χ4n) is 2.18. The van der Waals surface area contributed by atoms with Crippen LogP contribution in [0.25, 0.3) is 0 Å². The molecule has 0 aliphatic rings. The number of thiazole rings is 1. The molecule has 0 fully saturated rings. The second-order valence-electron chi connectivity index (χ2n) is 5.97. The van der Waals surface area contributed by atoms with E-state index >= 15 is 0 Å². The molecule has 0 saturated carbocycles. The summed E-state index contributed by atoms with van der Waals surface area (Å²) in [5.41, 5.74) is 1.96. The lowest BCUT2D eigenvalue weighted by Gasteiger charge is -2.15. The van der Waals surface area contributed by atoms with Crippen molar-refractivity contribution in [3.05, 3.63) is 52.0 Å². The van der Waals surface area contributed by atoms with Crippen LogP contribution in [0.2, 0.25) is 0 Å². The summed E-state index contributed by atoms with van der Waals surface area (Å²) in [5.74, 6) is 0.176. The van der Waals surface area contributed by atoms with Crippen molar-refractivity contribution in [2.45, 2.75) is 44.6 Å². The topological polar surface area (TPSA) is 47.0 Å². The number of aryl methyl sites for hydroxylation is 2. The van der Waals surface area contributed by atoms with Gasteiger partial charge in [0.05, 0.1) is 21.7 Å². The van der Waals surface area contributed by atoms with Crippen LogP contribution in [0.5, 0.6) is 0 Å². The molecule has 0 spiro atoms. The number of hydrogen-bond acceptors (Lipinski definition) is 4. The Morgan fingerprint density at radius 2 is 1.77 bits per heavy atom. The molecule has 0 radical (unpaired) electrons. The van der Waals surface area contributed by atoms with Gasteiger partial charge in [-0.3, -0.25) is 0 Å². The van der Waals surface area contributed by atoms with Crippen LogP contribution >= 0.6 is 11.3 Å². The summed E-state index contributed by atoms with van der Waals surface area (Å²) < 4.78 is 24.6. The van der Waals surface area contributed by atoms with Gasteiger partial charge in [-0.1, -0.05) is 44.2 Å². The molecule has 3 nitrogen and oxygen atoms in total. The summed E-state index contributed by atoms with van der Waals surface area (Å²) in [6.45, 7) is 5.66. The van der Waals surface area contributed by atoms with E-state index in [0.717, 1.165) is 17.8 Å². The minimum Gasteiger partial charge on any atom is -0.245 e. The second-order valence-corrected chi connectivity index (χ2v) is 9.28. The molecule has 0 unspecified atom stereocenters. The van der Waals surface area contributed by atoms with E-state index in [0.29, 0.717) is 5.69 Å². The molecule has 5 heteroatoms. The quantitative estimate of drug-likeness (QED) is 0.770. The van der Waals surface area contributed by atoms with E-state index in [1.165, 1.54) is 5.56 Å². The number of nitrogens with zero attached hydrogens (tertiary/aromatic N) is 1. The van der Waals surface area contributed by atoms with Crippen LogP contribution in [0.3, 0.4) is 0 Å². The fourth-order valence-corrected chi connectivity index (χ4v) is 4.73. The molecule has 0 bridgehead atoms. The van der Waals surface area contributed by atoms with E-state index in [4.69, 9.17) is 0 Å². The molecule has 1 aromatic carbocycles. The van der Waals surface area contributed by atoms with Gasteiger partial charge in [0, 0.05) is 11.8 Å². The lowest BCUT2D eigenvalue weighted by atomic mass is 10.1. The first kappa shape index (κ1) is 17.2. The first-order chi connectivity index (χ1) is 10.4. The number of rotatable bonds is 7. The highest BCUT2D eigenvalue weighted by atomic mass is 32.2. The molecule has 0 aliphatic carbocycles. The predicted molar refractivity (Wildman–Crippen MR) is 92.9 cm³/mol. The van der Waals surface area contributed by atoms with Crippen LogP contribution in [-0.2, 0) is 28.4 Å². The highest BCUT2D eigenvalue weighted by Crippen LogP contribution is 2.19. The molecule has 22 heavy (non-hydrogen) atoms. The van der Waals surface area contributed by atoms with Gasteiger partial charge >= 0.3 is 0 Å². The Morgan fingerprint density at radius 3 is 2.41 bits per heavy atom. The highest BCUT2D eigenvalue weighted by Gasteiger charge is 2.25. The molecular weight excluding hydrogens is 314 g/mol. The van der Waals surface area contributed by atoms with Crippen LogP contribution in [-0.4, -0.2) is 18.7 Å². The highest BCUT2D eigenvalue weighted by molar-refractivity contribution is 7.91. The van der Waals surface area contributed by atoms with Crippen LogP contribution in [0, 0.1) is 5.92 Å². The Bertz CT molecular complexity index is 690. The maximum atomic E-state index is 12.3. The molecule has 1 atom stereocenters. The van der Waals surface area contributed by atoms with Crippen molar-refractivity contribution in [3.63, 3.8) is 0 Å². The summed E-state index contributed by atoms with van der Waals surface area (Å²) >= 11 is 1.55. The second kappa shape index (κ2) is 7.38. The summed E-state index contributed by atoms with van der Waals surface area (Å²) in [4.78, 5) is 4.49. The molecular formula is C17H23NO2S2. The van der Waals surface area contributed by atoms with Crippen molar-refractivity contribution in [2.75, 3.05) is 0 Å². The predicted octanol–water partition coefficient (Wildman–Crippen LogP) is 3.89. The third-order valence-corrected chi connectivity index (χ3v) is 7.26. The fraction of sp³-hybridized carbons (Fsp3) is 0.471. The van der Waals surface area contributed by atoms with Crippen molar-refractivity contribution >= 4 is 21.2 Å². The van der Waals surface area contributed by atoms with E-state index in [2.05, 4.69) is 17.1 Å². The van der Waals surface area contributed by atoms with Gasteiger partial charge in [-0.25, -0.2) is 13.4 Å². The molecule has 0 N–H and O–H groups in total. The lowest BCUT2D eigenvalue weighted by molar-refractivity contribution is 0.544. The first-order valence-corrected chi connectivity index (χ1v) is 10.2. The van der Waals surface area contributed by atoms with E-state index in [1.54, 1.807) is 18.3 Å². The SMILES string of the molecule is CC(C)[C@@H](C)S(=O)(=O)Cc1csc(CCc2ccccc2)n1. The third kappa shape index (κ3) is 4.65. The van der Waals surface area contributed by atoms with Crippen LogP contribution < -0.4 is 0 Å². The molecule has 1 heterocycles. The van der Waals surface area contributed by atoms with Gasteiger partial charge in [-0.2, -0.15) is 0 Å². The maximum absolute atomic E-state index is 12.3. The summed E-state index contributed by atoms with van der Waals surface area (Å²) in [5, 5.41) is 2.55. The summed E-state index contributed by atoms with van der Waals surface area (Å²) in [7, 11) is -3.12. The molecule has 0 saturated heterocycles. The number of sulfone groups is 1. The molecule has 120 valence electrons. The van der Waals surface area contributed by atoms with Gasteiger partial charge in [0.1, 0.15) is 0 Å². The Kier molecular flexibility index (Phi) is 5.75. The largest absolute Gasteiger partial charge is 0.245 e. The minimum atomic E-state index is -3.12. The summed E-state index contributed by atoms with van der Waals surface area (Å²) in [6, 6.07) is 10.3. The van der Waals surface area contributed by atoms with Gasteiger partial charge in [0.25, 0.3) is 0 Å². The maximum Gasteiger partial charge on any atom is 0.158 e. The van der Waals surface area contributed by atoms with E-state index < -0.39 is 9.84 Å². The van der Waals surface area contributed by atoms with E-state index in [1.807, 2.05) is 37.4 Å². The minimum absolute atomic E-state index is 0.0498. The smallest absolute Gasteiger partial charge is 0.158 e. The van der Waals surface area contributed by atoms with Crippen molar-refractivity contribution in [1.82, 2.24) is 4.98 Å². The van der Waals surface area contributed by atoms with Crippen molar-refractivity contribution in [3.8, 4) is 0 Å². The van der Waals surface area contributed by atoms with E-state index in [-0.39, 0.29) is 16.9 Å². The molecule has 1 aromatic heterocycles. The molecule has 0 aliphatic heterocycles. The standard InChI is InChI=1S/C17H23NO2S2/c1-13(2)14(3)22(19,20)12-16-11-21-17(18-16)10-9-15-7-5-4-6-8-15/h4-8,11,13-14H,9-10,12H2,1-3H3/t14-/m1/s1. The summed E-state index contributed by atoms with van der Waals surface area (Å²) in [6.07, 6.45) is 1.79. The van der Waals surface area contributed by atoms with Gasteiger partial charge in [0.15, 0.2) is 9.84 Å². The normalized spacial score (nSPS) is 13.5. The lowest BCUT2D eigenvalue weighted by Crippen LogP contribution is -2.24. The van der Waals surface area contributed by atoms with Crippen molar-refractivity contribution in [2.24, 2.45) is 5.92 Å². The van der Waals surface area contributed by atoms with Gasteiger partial charge in [0.2, 0.25) is 0 Å². The zero-order valence-corrected chi connectivity index (χ0v) is 15.0. The zero-order chi connectivity index (χ0) is 16.2. The first-order valence-electron chi connectivity index (χ1n) is 7.57. The van der Waals surface area contributed by atoms with Crippen LogP contribution in [0.1, 0.15) is 37.0 Å². The Morgan fingerprint density at radius 1 is 1.09 bits per heavy atom. The van der Waals surface area contributed by atoms with E-state index in [9.17, 15) is 8.42 Å². The average molecular weight is 338 g/mol. The average Bonchev–Trinajstić information content (AvgIpc) is 2.92. The van der Waals surface area contributed by atoms with Gasteiger partial charge < -0.3 is 0 Å². The van der Waals surface area contributed by atoms with Gasteiger partial charge in [-0.15, -0.1) is 11.3 Å².